The van der Waals surface area contributed by atoms with Gasteiger partial charge in [0.05, 0.1) is 0 Å². The number of hydrogen-bond donors (Lipinski definition) is 1. The predicted molar refractivity (Wildman–Crippen MR) is 49.0 cm³/mol. The molecular formula is C9H10O2Se. The molecule has 1 rings (SSSR count). The average Bonchev–Trinajstić information content (AvgIpc) is 2.03. The number of aliphatic carboxylic acids is 1. The van der Waals surface area contributed by atoms with Gasteiger partial charge in [-0.1, -0.05) is 0 Å². The Morgan fingerprint density at radius 2 is 2.00 bits per heavy atom. The van der Waals surface area contributed by atoms with Crippen LogP contribution >= 0.6 is 0 Å². The summed E-state index contributed by atoms with van der Waals surface area (Å²) in [5.74, 6) is -0.712. The third-order valence-electron chi connectivity index (χ3n) is 1.38. The molecule has 1 N–H and O–H groups in total. The molecule has 1 aromatic rings. The van der Waals surface area contributed by atoms with Crippen molar-refractivity contribution in [3.63, 3.8) is 0 Å². The van der Waals surface area contributed by atoms with Crippen LogP contribution in [0, 0.1) is 6.92 Å². The Labute approximate surface area is 77.8 Å². The second kappa shape index (κ2) is 4.29. The molecule has 0 bridgehead atoms. The summed E-state index contributed by atoms with van der Waals surface area (Å²) >= 11 is 0.0829. The van der Waals surface area contributed by atoms with Gasteiger partial charge in [-0.3, -0.25) is 0 Å². The molecule has 0 heterocycles. The van der Waals surface area contributed by atoms with E-state index in [0.717, 1.165) is 4.46 Å². The van der Waals surface area contributed by atoms with Crippen LogP contribution in [-0.2, 0) is 4.79 Å². The minimum atomic E-state index is -0.712. The molecule has 0 fully saturated rings. The van der Waals surface area contributed by atoms with Crippen LogP contribution in [0.2, 0.25) is 5.32 Å². The van der Waals surface area contributed by atoms with Crippen LogP contribution in [0.5, 0.6) is 0 Å². The fourth-order valence-corrected chi connectivity index (χ4v) is 2.08. The molecule has 3 heteroatoms. The SMILES string of the molecule is Cc1ccc([Se]CC(=O)O)cc1. The molecule has 64 valence electrons. The Hall–Kier alpha value is -0.791. The van der Waals surface area contributed by atoms with Crippen molar-refractivity contribution in [3.8, 4) is 0 Å². The van der Waals surface area contributed by atoms with Crippen molar-refractivity contribution in [2.24, 2.45) is 0 Å². The van der Waals surface area contributed by atoms with Crippen molar-refractivity contribution in [2.45, 2.75) is 12.2 Å². The van der Waals surface area contributed by atoms with Crippen molar-refractivity contribution >= 4 is 25.4 Å². The predicted octanol–water partition coefficient (Wildman–Crippen LogP) is 0.827. The number of carbonyl (C=O) groups is 1. The zero-order valence-corrected chi connectivity index (χ0v) is 8.49. The number of hydrogen-bond acceptors (Lipinski definition) is 1. The van der Waals surface area contributed by atoms with Gasteiger partial charge in [0.1, 0.15) is 0 Å². The van der Waals surface area contributed by atoms with E-state index in [1.54, 1.807) is 0 Å². The fraction of sp³-hybridized carbons (Fsp3) is 0.222. The fourth-order valence-electron chi connectivity index (χ4n) is 0.780. The molecule has 0 radical (unpaired) electrons. The van der Waals surface area contributed by atoms with E-state index in [-0.39, 0.29) is 20.3 Å². The second-order valence-electron chi connectivity index (χ2n) is 2.50. The summed E-state index contributed by atoms with van der Waals surface area (Å²) in [5, 5.41) is 8.72. The van der Waals surface area contributed by atoms with E-state index in [9.17, 15) is 4.79 Å². The normalized spacial score (nSPS) is 9.75. The van der Waals surface area contributed by atoms with Crippen molar-refractivity contribution in [1.29, 1.82) is 0 Å². The molecule has 0 aliphatic carbocycles. The number of carboxylic acids is 1. The third-order valence-corrected chi connectivity index (χ3v) is 3.47. The molecule has 0 saturated carbocycles. The first-order valence-corrected chi connectivity index (χ1v) is 5.66. The van der Waals surface area contributed by atoms with E-state index in [4.69, 9.17) is 5.11 Å². The maximum absolute atomic E-state index is 10.3. The Morgan fingerprint density at radius 1 is 1.42 bits per heavy atom. The van der Waals surface area contributed by atoms with Crippen LogP contribution in [-0.4, -0.2) is 26.0 Å². The van der Waals surface area contributed by atoms with Crippen molar-refractivity contribution < 1.29 is 9.90 Å². The molecule has 0 saturated heterocycles. The average molecular weight is 229 g/mol. The Balaban J connectivity index is 2.53. The van der Waals surface area contributed by atoms with Gasteiger partial charge in [0, 0.05) is 0 Å². The molecule has 0 atom stereocenters. The number of rotatable bonds is 3. The molecule has 1 aromatic carbocycles. The first-order chi connectivity index (χ1) is 5.68. The summed E-state index contributed by atoms with van der Waals surface area (Å²) in [4.78, 5) is 10.3. The van der Waals surface area contributed by atoms with Crippen molar-refractivity contribution in [1.82, 2.24) is 0 Å². The molecule has 2 nitrogen and oxygen atoms in total. The zero-order chi connectivity index (χ0) is 8.97. The van der Waals surface area contributed by atoms with E-state index < -0.39 is 5.97 Å². The van der Waals surface area contributed by atoms with E-state index >= 15 is 0 Å². The molecule has 0 aliphatic rings. The van der Waals surface area contributed by atoms with Gasteiger partial charge in [0.2, 0.25) is 0 Å². The topological polar surface area (TPSA) is 37.3 Å². The zero-order valence-electron chi connectivity index (χ0n) is 6.78. The Kier molecular flexibility index (Phi) is 3.32. The molecule has 0 amide bonds. The van der Waals surface area contributed by atoms with Gasteiger partial charge >= 0.3 is 77.4 Å². The van der Waals surface area contributed by atoms with Gasteiger partial charge in [0.15, 0.2) is 0 Å². The standard InChI is InChI=1S/C9H10O2Se/c1-7-2-4-8(5-3-7)12-6-9(10)11/h2-5H,6H2,1H3,(H,10,11). The number of benzene rings is 1. The Morgan fingerprint density at radius 3 is 2.50 bits per heavy atom. The first kappa shape index (κ1) is 9.30. The summed E-state index contributed by atoms with van der Waals surface area (Å²) in [6.45, 7) is 2.02. The van der Waals surface area contributed by atoms with E-state index in [1.807, 2.05) is 31.2 Å². The molecule has 0 spiro atoms. The third kappa shape index (κ3) is 3.07. The molecule has 0 aromatic heterocycles. The minimum absolute atomic E-state index is 0.0829. The molecular weight excluding hydrogens is 219 g/mol. The van der Waals surface area contributed by atoms with Crippen LogP contribution in [0.15, 0.2) is 24.3 Å². The van der Waals surface area contributed by atoms with E-state index in [2.05, 4.69) is 0 Å². The first-order valence-electron chi connectivity index (χ1n) is 3.60. The number of carboxylic acid groups (broad SMARTS) is 1. The van der Waals surface area contributed by atoms with Gasteiger partial charge in [-0.05, 0) is 0 Å². The van der Waals surface area contributed by atoms with Gasteiger partial charge in [-0.25, -0.2) is 0 Å². The summed E-state index contributed by atoms with van der Waals surface area (Å²) in [6, 6.07) is 8.02. The van der Waals surface area contributed by atoms with Gasteiger partial charge in [-0.15, -0.1) is 0 Å². The monoisotopic (exact) mass is 230 g/mol. The van der Waals surface area contributed by atoms with Crippen LogP contribution in [0.3, 0.4) is 0 Å². The quantitative estimate of drug-likeness (QED) is 0.779. The van der Waals surface area contributed by atoms with Gasteiger partial charge < -0.3 is 0 Å². The summed E-state index contributed by atoms with van der Waals surface area (Å²) in [6.07, 6.45) is 0. The van der Waals surface area contributed by atoms with Gasteiger partial charge in [-0.2, -0.15) is 0 Å². The summed E-state index contributed by atoms with van der Waals surface area (Å²) in [5.41, 5.74) is 1.21. The van der Waals surface area contributed by atoms with E-state index in [1.165, 1.54) is 5.56 Å². The van der Waals surface area contributed by atoms with Gasteiger partial charge in [0.25, 0.3) is 0 Å². The van der Waals surface area contributed by atoms with Crippen LogP contribution in [0.4, 0.5) is 0 Å². The molecule has 0 aliphatic heterocycles. The van der Waals surface area contributed by atoms with Crippen LogP contribution in [0.1, 0.15) is 5.56 Å². The molecule has 12 heavy (non-hydrogen) atoms. The second-order valence-corrected chi connectivity index (χ2v) is 4.70. The van der Waals surface area contributed by atoms with Crippen molar-refractivity contribution in [3.05, 3.63) is 29.8 Å². The van der Waals surface area contributed by atoms with Crippen LogP contribution < -0.4 is 4.46 Å². The molecule has 0 unspecified atom stereocenters. The van der Waals surface area contributed by atoms with Crippen molar-refractivity contribution in [2.75, 3.05) is 0 Å². The summed E-state index contributed by atoms with van der Waals surface area (Å²) < 4.78 is 1.15. The van der Waals surface area contributed by atoms with E-state index in [0.29, 0.717) is 0 Å². The Bertz CT molecular complexity index is 266. The van der Waals surface area contributed by atoms with Crippen LogP contribution in [0.25, 0.3) is 0 Å². The number of aryl methyl sites for hydroxylation is 1. The summed E-state index contributed by atoms with van der Waals surface area (Å²) in [7, 11) is 0. The maximum atomic E-state index is 10.3.